The second kappa shape index (κ2) is 7.67. The highest BCUT2D eigenvalue weighted by Crippen LogP contribution is 2.20. The largest absolute Gasteiger partial charge is 0.446 e. The number of aliphatic hydroxyl groups excluding tert-OH is 1. The summed E-state index contributed by atoms with van der Waals surface area (Å²) in [4.78, 5) is 0. The van der Waals surface area contributed by atoms with Crippen molar-refractivity contribution in [1.29, 1.82) is 0 Å². The second-order valence-corrected chi connectivity index (χ2v) is 6.36. The molecule has 0 aliphatic rings. The van der Waals surface area contributed by atoms with Gasteiger partial charge in [-0.15, -0.1) is 0 Å². The molecule has 1 aromatic heterocycles. The number of nitrogens with zero attached hydrogens (tertiary/aromatic N) is 1. The fourth-order valence-corrected chi connectivity index (χ4v) is 3.18. The van der Waals surface area contributed by atoms with Gasteiger partial charge in [-0.2, -0.15) is 4.31 Å². The topological polar surface area (TPSA) is 70.8 Å². The molecule has 0 spiro atoms. The molecule has 0 fully saturated rings. The van der Waals surface area contributed by atoms with E-state index in [0.29, 0.717) is 13.1 Å². The summed E-state index contributed by atoms with van der Waals surface area (Å²) < 4.78 is 31.5. The molecule has 1 aromatic rings. The quantitative estimate of drug-likeness (QED) is 0.757. The van der Waals surface area contributed by atoms with E-state index in [4.69, 9.17) is 9.52 Å². The molecule has 1 heterocycles. The SMILES string of the molecule is CCCCN(CCCC)S(=O)(=O)c1ccc(CO)o1. The Labute approximate surface area is 115 Å². The lowest BCUT2D eigenvalue weighted by atomic mass is 10.3. The molecule has 0 saturated carbocycles. The third kappa shape index (κ3) is 4.33. The molecule has 110 valence electrons. The fraction of sp³-hybridized carbons (Fsp3) is 0.692. The first-order valence-corrected chi connectivity index (χ1v) is 8.20. The summed E-state index contributed by atoms with van der Waals surface area (Å²) in [6.45, 7) is 4.78. The minimum atomic E-state index is -3.58. The zero-order valence-corrected chi connectivity index (χ0v) is 12.4. The molecule has 0 aliphatic carbocycles. The molecule has 1 N–H and O–H groups in total. The summed E-state index contributed by atoms with van der Waals surface area (Å²) in [6.07, 6.45) is 3.55. The lowest BCUT2D eigenvalue weighted by molar-refractivity contribution is 0.234. The molecule has 0 atom stereocenters. The van der Waals surface area contributed by atoms with Gasteiger partial charge in [-0.05, 0) is 25.0 Å². The summed E-state index contributed by atoms with van der Waals surface area (Å²) in [5.41, 5.74) is 0. The number of hydrogen-bond acceptors (Lipinski definition) is 4. The van der Waals surface area contributed by atoms with Crippen molar-refractivity contribution in [3.05, 3.63) is 17.9 Å². The predicted octanol–water partition coefficient (Wildman–Crippen LogP) is 2.36. The average molecular weight is 289 g/mol. The molecule has 0 saturated heterocycles. The minimum Gasteiger partial charge on any atom is -0.446 e. The number of furan rings is 1. The van der Waals surface area contributed by atoms with Crippen molar-refractivity contribution in [2.75, 3.05) is 13.1 Å². The predicted molar refractivity (Wildman–Crippen MR) is 73.2 cm³/mol. The standard InChI is InChI=1S/C13H23NO4S/c1-3-5-9-14(10-6-4-2)19(16,17)13-8-7-12(11-15)18-13/h7-8,15H,3-6,9-11H2,1-2H3. The van der Waals surface area contributed by atoms with Crippen molar-refractivity contribution >= 4 is 10.0 Å². The maximum Gasteiger partial charge on any atom is 0.276 e. The second-order valence-electron chi connectivity index (χ2n) is 4.49. The normalized spacial score (nSPS) is 12.2. The van der Waals surface area contributed by atoms with Gasteiger partial charge in [-0.3, -0.25) is 0 Å². The highest BCUT2D eigenvalue weighted by atomic mass is 32.2. The van der Waals surface area contributed by atoms with E-state index in [2.05, 4.69) is 0 Å². The number of unbranched alkanes of at least 4 members (excludes halogenated alkanes) is 2. The van der Waals surface area contributed by atoms with Crippen LogP contribution in [0.3, 0.4) is 0 Å². The van der Waals surface area contributed by atoms with Crippen LogP contribution in [0.4, 0.5) is 0 Å². The Morgan fingerprint density at radius 3 is 2.16 bits per heavy atom. The first kappa shape index (κ1) is 16.2. The Hall–Kier alpha value is -0.850. The number of hydrogen-bond donors (Lipinski definition) is 1. The molecule has 0 bridgehead atoms. The zero-order valence-electron chi connectivity index (χ0n) is 11.6. The van der Waals surface area contributed by atoms with Gasteiger partial charge >= 0.3 is 0 Å². The maximum atomic E-state index is 12.4. The van der Waals surface area contributed by atoms with E-state index in [-0.39, 0.29) is 17.5 Å². The Balaban J connectivity index is 2.90. The van der Waals surface area contributed by atoms with Crippen LogP contribution in [-0.2, 0) is 16.6 Å². The van der Waals surface area contributed by atoms with Crippen LogP contribution in [0.5, 0.6) is 0 Å². The molecule has 0 radical (unpaired) electrons. The number of sulfonamides is 1. The van der Waals surface area contributed by atoms with Gasteiger partial charge < -0.3 is 9.52 Å². The van der Waals surface area contributed by atoms with Gasteiger partial charge in [0.05, 0.1) is 0 Å². The third-order valence-electron chi connectivity index (χ3n) is 2.91. The van der Waals surface area contributed by atoms with Crippen LogP contribution in [0.2, 0.25) is 0 Å². The lowest BCUT2D eigenvalue weighted by Crippen LogP contribution is -2.32. The van der Waals surface area contributed by atoms with Crippen LogP contribution >= 0.6 is 0 Å². The van der Waals surface area contributed by atoms with Crippen LogP contribution in [0, 0.1) is 0 Å². The van der Waals surface area contributed by atoms with E-state index in [1.54, 1.807) is 0 Å². The maximum absolute atomic E-state index is 12.4. The van der Waals surface area contributed by atoms with Crippen molar-refractivity contribution < 1.29 is 17.9 Å². The summed E-state index contributed by atoms with van der Waals surface area (Å²) in [5, 5.41) is 8.86. The van der Waals surface area contributed by atoms with Crippen LogP contribution in [0.25, 0.3) is 0 Å². The van der Waals surface area contributed by atoms with E-state index in [9.17, 15) is 8.42 Å². The van der Waals surface area contributed by atoms with Crippen molar-refractivity contribution in [2.24, 2.45) is 0 Å². The summed E-state index contributed by atoms with van der Waals surface area (Å²) in [6, 6.07) is 2.90. The van der Waals surface area contributed by atoms with E-state index in [1.807, 2.05) is 13.8 Å². The molecule has 6 heteroatoms. The first-order chi connectivity index (χ1) is 9.06. The van der Waals surface area contributed by atoms with Gasteiger partial charge in [0, 0.05) is 13.1 Å². The Kier molecular flexibility index (Phi) is 6.54. The molecule has 0 aliphatic heterocycles. The Bertz CT molecular complexity index is 459. The molecule has 5 nitrogen and oxygen atoms in total. The van der Waals surface area contributed by atoms with E-state index in [0.717, 1.165) is 25.7 Å². The number of aliphatic hydroxyl groups is 1. The van der Waals surface area contributed by atoms with Gasteiger partial charge in [-0.1, -0.05) is 26.7 Å². The smallest absolute Gasteiger partial charge is 0.276 e. The summed E-state index contributed by atoms with van der Waals surface area (Å²) in [7, 11) is -3.58. The summed E-state index contributed by atoms with van der Waals surface area (Å²) >= 11 is 0. The molecule has 0 unspecified atom stereocenters. The van der Waals surface area contributed by atoms with Crippen LogP contribution < -0.4 is 0 Å². The highest BCUT2D eigenvalue weighted by Gasteiger charge is 2.26. The van der Waals surface area contributed by atoms with E-state index >= 15 is 0 Å². The van der Waals surface area contributed by atoms with Crippen LogP contribution in [0.1, 0.15) is 45.3 Å². The number of rotatable bonds is 9. The lowest BCUT2D eigenvalue weighted by Gasteiger charge is -2.20. The van der Waals surface area contributed by atoms with Crippen molar-refractivity contribution in [3.8, 4) is 0 Å². The minimum absolute atomic E-state index is 0.0799. The average Bonchev–Trinajstić information content (AvgIpc) is 2.88. The monoisotopic (exact) mass is 289 g/mol. The Morgan fingerprint density at radius 2 is 1.74 bits per heavy atom. The van der Waals surface area contributed by atoms with E-state index < -0.39 is 10.0 Å². The molecular weight excluding hydrogens is 266 g/mol. The molecule has 0 amide bonds. The van der Waals surface area contributed by atoms with Crippen LogP contribution in [-0.4, -0.2) is 30.9 Å². The van der Waals surface area contributed by atoms with Gasteiger partial charge in [0.1, 0.15) is 12.4 Å². The highest BCUT2D eigenvalue weighted by molar-refractivity contribution is 7.89. The van der Waals surface area contributed by atoms with Gasteiger partial charge in [0.25, 0.3) is 10.0 Å². The molecule has 1 rings (SSSR count). The van der Waals surface area contributed by atoms with Gasteiger partial charge in [0.15, 0.2) is 0 Å². The molecule has 0 aromatic carbocycles. The van der Waals surface area contributed by atoms with Crippen LogP contribution in [0.15, 0.2) is 21.6 Å². The summed E-state index contributed by atoms with van der Waals surface area (Å²) in [5.74, 6) is 0.268. The zero-order chi connectivity index (χ0) is 14.3. The third-order valence-corrected chi connectivity index (χ3v) is 4.68. The molecular formula is C13H23NO4S. The first-order valence-electron chi connectivity index (χ1n) is 6.76. The van der Waals surface area contributed by atoms with E-state index in [1.165, 1.54) is 16.4 Å². The van der Waals surface area contributed by atoms with Crippen molar-refractivity contribution in [2.45, 2.75) is 51.2 Å². The Morgan fingerprint density at radius 1 is 1.16 bits per heavy atom. The van der Waals surface area contributed by atoms with Crippen molar-refractivity contribution in [1.82, 2.24) is 4.31 Å². The molecule has 19 heavy (non-hydrogen) atoms. The fourth-order valence-electron chi connectivity index (χ4n) is 1.73. The van der Waals surface area contributed by atoms with Gasteiger partial charge in [-0.25, -0.2) is 8.42 Å². The van der Waals surface area contributed by atoms with Crippen molar-refractivity contribution in [3.63, 3.8) is 0 Å². The van der Waals surface area contributed by atoms with Gasteiger partial charge in [0.2, 0.25) is 5.09 Å².